The summed E-state index contributed by atoms with van der Waals surface area (Å²) in [7, 11) is 0. The van der Waals surface area contributed by atoms with Crippen LogP contribution in [0.5, 0.6) is 5.75 Å². The van der Waals surface area contributed by atoms with Crippen molar-refractivity contribution in [2.75, 3.05) is 0 Å². The lowest BCUT2D eigenvalue weighted by atomic mass is 9.95. The number of hydrogen-bond acceptors (Lipinski definition) is 3. The minimum Gasteiger partial charge on any atom is -0.491 e. The van der Waals surface area contributed by atoms with Gasteiger partial charge in [0.05, 0.1) is 12.1 Å². The monoisotopic (exact) mass is 304 g/mol. The van der Waals surface area contributed by atoms with Crippen LogP contribution in [-0.4, -0.2) is 6.10 Å². The number of hydrogen-bond donors (Lipinski definition) is 2. The highest BCUT2D eigenvalue weighted by molar-refractivity contribution is 6.31. The highest BCUT2D eigenvalue weighted by Crippen LogP contribution is 2.30. The molecule has 2 aromatic rings. The molecule has 0 heterocycles. The molecule has 0 saturated heterocycles. The van der Waals surface area contributed by atoms with E-state index in [-0.39, 0.29) is 12.1 Å². The van der Waals surface area contributed by atoms with E-state index in [9.17, 15) is 0 Å². The summed E-state index contributed by atoms with van der Waals surface area (Å²) in [6, 6.07) is 13.7. The van der Waals surface area contributed by atoms with Gasteiger partial charge in [0, 0.05) is 5.02 Å². The summed E-state index contributed by atoms with van der Waals surface area (Å²) in [5, 5.41) is 0.738. The first-order valence-electron chi connectivity index (χ1n) is 7.00. The fourth-order valence-electron chi connectivity index (χ4n) is 2.34. The average molecular weight is 305 g/mol. The Balaban J connectivity index is 2.39. The van der Waals surface area contributed by atoms with Gasteiger partial charge >= 0.3 is 0 Å². The van der Waals surface area contributed by atoms with Crippen LogP contribution < -0.4 is 16.0 Å². The molecule has 0 aliphatic carbocycles. The third-order valence-corrected chi connectivity index (χ3v) is 3.76. The summed E-state index contributed by atoms with van der Waals surface area (Å²) < 4.78 is 5.74. The van der Waals surface area contributed by atoms with Crippen LogP contribution in [0, 0.1) is 6.92 Å². The van der Waals surface area contributed by atoms with Gasteiger partial charge in [0.1, 0.15) is 5.75 Å². The van der Waals surface area contributed by atoms with E-state index >= 15 is 0 Å². The van der Waals surface area contributed by atoms with E-state index in [0.29, 0.717) is 0 Å². The van der Waals surface area contributed by atoms with Crippen molar-refractivity contribution in [2.45, 2.75) is 32.9 Å². The standard InChI is InChI=1S/C17H21ClN2O/c1-11(2)21-14-7-4-6-13(10-14)17(20-19)15-8-5-9-16(18)12(15)3/h4-11,17,20H,19H2,1-3H3. The Labute approximate surface area is 131 Å². The Hall–Kier alpha value is -1.55. The molecule has 112 valence electrons. The third kappa shape index (κ3) is 3.76. The van der Waals surface area contributed by atoms with Gasteiger partial charge < -0.3 is 4.74 Å². The second-order valence-electron chi connectivity index (χ2n) is 5.29. The minimum atomic E-state index is -0.126. The number of halogens is 1. The van der Waals surface area contributed by atoms with E-state index in [2.05, 4.69) is 5.43 Å². The molecule has 0 radical (unpaired) electrons. The maximum atomic E-state index is 6.21. The van der Waals surface area contributed by atoms with Crippen LogP contribution in [0.2, 0.25) is 5.02 Å². The summed E-state index contributed by atoms with van der Waals surface area (Å²) in [6.07, 6.45) is 0.137. The largest absolute Gasteiger partial charge is 0.491 e. The zero-order valence-electron chi connectivity index (χ0n) is 12.6. The van der Waals surface area contributed by atoms with E-state index < -0.39 is 0 Å². The fraction of sp³-hybridized carbons (Fsp3) is 0.294. The molecule has 2 aromatic carbocycles. The molecule has 1 atom stereocenters. The van der Waals surface area contributed by atoms with Crippen LogP contribution in [0.15, 0.2) is 42.5 Å². The van der Waals surface area contributed by atoms with E-state index in [1.54, 1.807) is 0 Å². The predicted octanol–water partition coefficient (Wildman–Crippen LogP) is 3.99. The van der Waals surface area contributed by atoms with Crippen molar-refractivity contribution in [1.82, 2.24) is 5.43 Å². The SMILES string of the molecule is Cc1c(Cl)cccc1C(NN)c1cccc(OC(C)C)c1. The highest BCUT2D eigenvalue weighted by Gasteiger charge is 2.16. The third-order valence-electron chi connectivity index (χ3n) is 3.35. The van der Waals surface area contributed by atoms with E-state index in [1.807, 2.05) is 63.2 Å². The first kappa shape index (κ1) is 15.8. The van der Waals surface area contributed by atoms with Crippen LogP contribution in [0.25, 0.3) is 0 Å². The van der Waals surface area contributed by atoms with Crippen molar-refractivity contribution in [3.63, 3.8) is 0 Å². The molecule has 0 aromatic heterocycles. The zero-order chi connectivity index (χ0) is 15.4. The average Bonchev–Trinajstić information content (AvgIpc) is 2.44. The lowest BCUT2D eigenvalue weighted by molar-refractivity contribution is 0.242. The van der Waals surface area contributed by atoms with Gasteiger partial charge in [-0.15, -0.1) is 0 Å². The molecule has 0 spiro atoms. The van der Waals surface area contributed by atoms with Crippen LogP contribution in [-0.2, 0) is 0 Å². The number of hydrazine groups is 1. The lowest BCUT2D eigenvalue weighted by Gasteiger charge is -2.21. The van der Waals surface area contributed by atoms with Crippen molar-refractivity contribution < 1.29 is 4.74 Å². The first-order valence-corrected chi connectivity index (χ1v) is 7.38. The zero-order valence-corrected chi connectivity index (χ0v) is 13.3. The van der Waals surface area contributed by atoms with Crippen molar-refractivity contribution >= 4 is 11.6 Å². The molecule has 21 heavy (non-hydrogen) atoms. The predicted molar refractivity (Wildman–Crippen MR) is 87.6 cm³/mol. The normalized spacial score (nSPS) is 12.5. The molecule has 3 nitrogen and oxygen atoms in total. The van der Waals surface area contributed by atoms with Gasteiger partial charge in [0.15, 0.2) is 0 Å². The molecular formula is C17H21ClN2O. The topological polar surface area (TPSA) is 47.3 Å². The van der Waals surface area contributed by atoms with Crippen LogP contribution in [0.3, 0.4) is 0 Å². The summed E-state index contributed by atoms with van der Waals surface area (Å²) in [4.78, 5) is 0. The van der Waals surface area contributed by atoms with E-state index in [4.69, 9.17) is 22.2 Å². The summed E-state index contributed by atoms with van der Waals surface area (Å²) in [5.41, 5.74) is 6.00. The molecule has 3 N–H and O–H groups in total. The van der Waals surface area contributed by atoms with Gasteiger partial charge in [-0.25, -0.2) is 5.43 Å². The molecule has 0 fully saturated rings. The number of ether oxygens (including phenoxy) is 1. The maximum absolute atomic E-state index is 6.21. The number of nitrogens with two attached hydrogens (primary N) is 1. The van der Waals surface area contributed by atoms with Gasteiger partial charge in [-0.3, -0.25) is 5.84 Å². The van der Waals surface area contributed by atoms with Crippen molar-refractivity contribution in [1.29, 1.82) is 0 Å². The molecule has 0 aliphatic rings. The highest BCUT2D eigenvalue weighted by atomic mass is 35.5. The maximum Gasteiger partial charge on any atom is 0.120 e. The van der Waals surface area contributed by atoms with Gasteiger partial charge in [-0.1, -0.05) is 35.9 Å². The Morgan fingerprint density at radius 3 is 2.52 bits per heavy atom. The molecule has 0 amide bonds. The number of nitrogens with one attached hydrogen (secondary N) is 1. The Morgan fingerprint density at radius 1 is 1.14 bits per heavy atom. The molecule has 0 saturated carbocycles. The molecule has 4 heteroatoms. The molecule has 1 unspecified atom stereocenters. The molecular weight excluding hydrogens is 284 g/mol. The van der Waals surface area contributed by atoms with Crippen molar-refractivity contribution in [2.24, 2.45) is 5.84 Å². The minimum absolute atomic E-state index is 0.126. The lowest BCUT2D eigenvalue weighted by Crippen LogP contribution is -2.29. The Bertz CT molecular complexity index is 613. The Kier molecular flexibility index (Phi) is 5.23. The smallest absolute Gasteiger partial charge is 0.120 e. The molecule has 0 aliphatic heterocycles. The van der Waals surface area contributed by atoms with Crippen LogP contribution in [0.4, 0.5) is 0 Å². The molecule has 2 rings (SSSR count). The second-order valence-corrected chi connectivity index (χ2v) is 5.70. The molecule has 0 bridgehead atoms. The second kappa shape index (κ2) is 6.94. The number of rotatable bonds is 5. The Morgan fingerprint density at radius 2 is 1.86 bits per heavy atom. The van der Waals surface area contributed by atoms with E-state index in [0.717, 1.165) is 27.5 Å². The quantitative estimate of drug-likeness (QED) is 0.648. The fourth-order valence-corrected chi connectivity index (χ4v) is 2.52. The summed E-state index contributed by atoms with van der Waals surface area (Å²) in [5.74, 6) is 6.61. The van der Waals surface area contributed by atoms with Crippen molar-refractivity contribution in [3.05, 3.63) is 64.2 Å². The van der Waals surface area contributed by atoms with Crippen LogP contribution in [0.1, 0.15) is 36.6 Å². The van der Waals surface area contributed by atoms with Crippen LogP contribution >= 0.6 is 11.6 Å². The van der Waals surface area contributed by atoms with Gasteiger partial charge in [-0.05, 0) is 55.7 Å². The van der Waals surface area contributed by atoms with Gasteiger partial charge in [0.2, 0.25) is 0 Å². The van der Waals surface area contributed by atoms with Crippen molar-refractivity contribution in [3.8, 4) is 5.75 Å². The van der Waals surface area contributed by atoms with Gasteiger partial charge in [-0.2, -0.15) is 0 Å². The summed E-state index contributed by atoms with van der Waals surface area (Å²) >= 11 is 6.21. The first-order chi connectivity index (χ1) is 10.0. The summed E-state index contributed by atoms with van der Waals surface area (Å²) in [6.45, 7) is 6.01. The van der Waals surface area contributed by atoms with E-state index in [1.165, 1.54) is 0 Å². The van der Waals surface area contributed by atoms with Gasteiger partial charge in [0.25, 0.3) is 0 Å². The number of benzene rings is 2.